The first kappa shape index (κ1) is 13.8. The lowest BCUT2D eigenvalue weighted by molar-refractivity contribution is 0.787. The maximum atomic E-state index is 12.3. The van der Waals surface area contributed by atoms with Gasteiger partial charge in [-0.2, -0.15) is 10.4 Å². The van der Waals surface area contributed by atoms with E-state index >= 15 is 0 Å². The number of para-hydroxylation sites is 1. The van der Waals surface area contributed by atoms with E-state index in [1.807, 2.05) is 36.5 Å². The van der Waals surface area contributed by atoms with Crippen LogP contribution >= 0.6 is 0 Å². The van der Waals surface area contributed by atoms with Gasteiger partial charge in [0.05, 0.1) is 6.21 Å². The van der Waals surface area contributed by atoms with Gasteiger partial charge in [0.15, 0.2) is 0 Å². The molecule has 3 rings (SSSR count). The van der Waals surface area contributed by atoms with Crippen LogP contribution < -0.4 is 5.56 Å². The number of fused-ring (bicyclic) bond motifs is 1. The molecule has 0 fully saturated rings. The zero-order chi connectivity index (χ0) is 15.7. The van der Waals surface area contributed by atoms with Crippen LogP contribution in [0.1, 0.15) is 22.4 Å². The number of H-pyrrole nitrogens is 1. The molecule has 0 spiro atoms. The van der Waals surface area contributed by atoms with Crippen molar-refractivity contribution in [3.05, 3.63) is 69.3 Å². The van der Waals surface area contributed by atoms with E-state index < -0.39 is 5.56 Å². The molecule has 0 bridgehead atoms. The van der Waals surface area contributed by atoms with Crippen molar-refractivity contribution in [1.29, 1.82) is 5.26 Å². The van der Waals surface area contributed by atoms with Crippen LogP contribution in [0.2, 0.25) is 0 Å². The molecular formula is C17H14N4O. The fraction of sp³-hybridized carbons (Fsp3) is 0.118. The third-order valence-electron chi connectivity index (χ3n) is 3.61. The van der Waals surface area contributed by atoms with Crippen LogP contribution in [0.4, 0.5) is 0 Å². The van der Waals surface area contributed by atoms with Crippen LogP contribution in [0, 0.1) is 25.2 Å². The minimum atomic E-state index is -0.393. The molecule has 1 N–H and O–H groups in total. The Morgan fingerprint density at radius 2 is 2.09 bits per heavy atom. The average Bonchev–Trinajstić information content (AvgIpc) is 2.90. The summed E-state index contributed by atoms with van der Waals surface area (Å²) in [5.74, 6) is 0. The Hall–Kier alpha value is -3.13. The van der Waals surface area contributed by atoms with Crippen molar-refractivity contribution in [2.75, 3.05) is 0 Å². The van der Waals surface area contributed by atoms with Gasteiger partial charge in [-0.1, -0.05) is 18.2 Å². The molecule has 0 radical (unpaired) electrons. The van der Waals surface area contributed by atoms with Crippen molar-refractivity contribution in [3.8, 4) is 6.07 Å². The van der Waals surface area contributed by atoms with Crippen LogP contribution in [0.25, 0.3) is 10.9 Å². The molecule has 3 aromatic rings. The fourth-order valence-corrected chi connectivity index (χ4v) is 2.48. The number of hydrogen-bond acceptors (Lipinski definition) is 3. The quantitative estimate of drug-likeness (QED) is 0.737. The number of aromatic nitrogens is 2. The SMILES string of the molecule is Cc1cc(C)n(/N=C\c2c[nH]c3ccccc23)c(=O)c1C#N. The van der Waals surface area contributed by atoms with Gasteiger partial charge in [-0.25, -0.2) is 4.68 Å². The molecule has 0 amide bonds. The van der Waals surface area contributed by atoms with E-state index in [1.165, 1.54) is 4.68 Å². The van der Waals surface area contributed by atoms with Crippen LogP contribution in [0.3, 0.4) is 0 Å². The molecule has 0 aliphatic heterocycles. The molecule has 0 saturated heterocycles. The Kier molecular flexibility index (Phi) is 3.36. The number of nitrogens with one attached hydrogen (secondary N) is 1. The average molecular weight is 290 g/mol. The van der Waals surface area contributed by atoms with E-state index in [9.17, 15) is 4.79 Å². The highest BCUT2D eigenvalue weighted by Crippen LogP contribution is 2.15. The summed E-state index contributed by atoms with van der Waals surface area (Å²) in [7, 11) is 0. The fourth-order valence-electron chi connectivity index (χ4n) is 2.48. The first-order chi connectivity index (χ1) is 10.6. The molecule has 0 atom stereocenters. The van der Waals surface area contributed by atoms with Gasteiger partial charge < -0.3 is 4.98 Å². The first-order valence-electron chi connectivity index (χ1n) is 6.85. The number of benzene rings is 1. The predicted octanol–water partition coefficient (Wildman–Crippen LogP) is 2.70. The van der Waals surface area contributed by atoms with Crippen LogP contribution in [-0.4, -0.2) is 15.9 Å². The highest BCUT2D eigenvalue weighted by Gasteiger charge is 2.09. The minimum Gasteiger partial charge on any atom is -0.361 e. The molecule has 1 aromatic carbocycles. The van der Waals surface area contributed by atoms with Crippen molar-refractivity contribution in [1.82, 2.24) is 9.66 Å². The van der Waals surface area contributed by atoms with Crippen LogP contribution in [-0.2, 0) is 0 Å². The molecular weight excluding hydrogens is 276 g/mol. The Balaban J connectivity index is 2.11. The zero-order valence-electron chi connectivity index (χ0n) is 12.3. The summed E-state index contributed by atoms with van der Waals surface area (Å²) in [6, 6.07) is 11.6. The molecule has 0 aliphatic carbocycles. The minimum absolute atomic E-state index is 0.127. The monoisotopic (exact) mass is 290 g/mol. The van der Waals surface area contributed by atoms with Crippen molar-refractivity contribution >= 4 is 17.1 Å². The van der Waals surface area contributed by atoms with Crippen molar-refractivity contribution in [2.45, 2.75) is 13.8 Å². The van der Waals surface area contributed by atoms with Crippen molar-refractivity contribution < 1.29 is 0 Å². The van der Waals surface area contributed by atoms with Gasteiger partial charge in [0.2, 0.25) is 0 Å². The molecule has 0 aliphatic rings. The van der Waals surface area contributed by atoms with Gasteiger partial charge in [0, 0.05) is 28.4 Å². The third-order valence-corrected chi connectivity index (χ3v) is 3.61. The summed E-state index contributed by atoms with van der Waals surface area (Å²) < 4.78 is 1.26. The summed E-state index contributed by atoms with van der Waals surface area (Å²) in [5.41, 5.74) is 2.99. The second-order valence-electron chi connectivity index (χ2n) is 5.11. The second kappa shape index (κ2) is 5.34. The first-order valence-corrected chi connectivity index (χ1v) is 6.85. The maximum absolute atomic E-state index is 12.3. The van der Waals surface area contributed by atoms with Gasteiger partial charge in [0.25, 0.3) is 5.56 Å². The summed E-state index contributed by atoms with van der Waals surface area (Å²) >= 11 is 0. The predicted molar refractivity (Wildman–Crippen MR) is 86.2 cm³/mol. The number of aryl methyl sites for hydroxylation is 2. The summed E-state index contributed by atoms with van der Waals surface area (Å²) in [6.07, 6.45) is 3.47. The van der Waals surface area contributed by atoms with Crippen LogP contribution in [0.5, 0.6) is 0 Å². The normalized spacial score (nSPS) is 11.1. The summed E-state index contributed by atoms with van der Waals surface area (Å²) in [6.45, 7) is 3.54. The molecule has 5 heteroatoms. The lowest BCUT2D eigenvalue weighted by Gasteiger charge is -2.05. The Labute approximate surface area is 127 Å². The molecule has 0 unspecified atom stereocenters. The van der Waals surface area contributed by atoms with E-state index in [0.29, 0.717) is 11.3 Å². The summed E-state index contributed by atoms with van der Waals surface area (Å²) in [4.78, 5) is 15.4. The second-order valence-corrected chi connectivity index (χ2v) is 5.11. The van der Waals surface area contributed by atoms with E-state index in [4.69, 9.17) is 5.26 Å². The largest absolute Gasteiger partial charge is 0.361 e. The number of nitrogens with zero attached hydrogens (tertiary/aromatic N) is 3. The number of rotatable bonds is 2. The highest BCUT2D eigenvalue weighted by molar-refractivity contribution is 5.98. The van der Waals surface area contributed by atoms with Gasteiger partial charge in [-0.15, -0.1) is 0 Å². The van der Waals surface area contributed by atoms with Crippen molar-refractivity contribution in [3.63, 3.8) is 0 Å². The maximum Gasteiger partial charge on any atom is 0.289 e. The molecule has 0 saturated carbocycles. The smallest absolute Gasteiger partial charge is 0.289 e. The molecule has 2 aromatic heterocycles. The lowest BCUT2D eigenvalue weighted by atomic mass is 10.1. The van der Waals surface area contributed by atoms with E-state index in [-0.39, 0.29) is 5.56 Å². The topological polar surface area (TPSA) is 73.9 Å². The number of aromatic amines is 1. The Morgan fingerprint density at radius 1 is 1.32 bits per heavy atom. The molecule has 22 heavy (non-hydrogen) atoms. The molecule has 5 nitrogen and oxygen atoms in total. The van der Waals surface area contributed by atoms with E-state index in [2.05, 4.69) is 10.1 Å². The molecule has 108 valence electrons. The third kappa shape index (κ3) is 2.21. The lowest BCUT2D eigenvalue weighted by Crippen LogP contribution is -2.22. The number of pyridine rings is 1. The summed E-state index contributed by atoms with van der Waals surface area (Å²) in [5, 5.41) is 14.4. The Bertz CT molecular complexity index is 986. The molecule has 2 heterocycles. The Morgan fingerprint density at radius 3 is 2.86 bits per heavy atom. The standard InChI is InChI=1S/C17H14N4O/c1-11-7-12(2)21(17(22)15(11)8-18)20-10-13-9-19-16-6-4-3-5-14(13)16/h3-7,9-10,19H,1-2H3/b20-10-. The number of nitriles is 1. The zero-order valence-corrected chi connectivity index (χ0v) is 12.3. The number of hydrogen-bond donors (Lipinski definition) is 1. The van der Waals surface area contributed by atoms with E-state index in [0.717, 1.165) is 16.5 Å². The van der Waals surface area contributed by atoms with Gasteiger partial charge in [-0.3, -0.25) is 4.79 Å². The van der Waals surface area contributed by atoms with Gasteiger partial charge in [-0.05, 0) is 31.5 Å². The highest BCUT2D eigenvalue weighted by atomic mass is 16.1. The van der Waals surface area contributed by atoms with Gasteiger partial charge >= 0.3 is 0 Å². The van der Waals surface area contributed by atoms with Crippen molar-refractivity contribution in [2.24, 2.45) is 5.10 Å². The van der Waals surface area contributed by atoms with Crippen LogP contribution in [0.15, 0.2) is 46.4 Å². The van der Waals surface area contributed by atoms with Gasteiger partial charge in [0.1, 0.15) is 11.6 Å². The van der Waals surface area contributed by atoms with E-state index in [1.54, 1.807) is 26.1 Å².